The number of hydrogen-bond acceptors (Lipinski definition) is 3. The molecular formula is C18H27NO3. The molecule has 1 aliphatic heterocycles. The Balaban J connectivity index is 1.79. The van der Waals surface area contributed by atoms with Gasteiger partial charge in [-0.3, -0.25) is 4.79 Å². The largest absolute Gasteiger partial charge is 0.497 e. The summed E-state index contributed by atoms with van der Waals surface area (Å²) in [5, 5.41) is 0. The Hall–Kier alpha value is -1.55. The molecule has 0 N–H and O–H groups in total. The number of benzene rings is 1. The summed E-state index contributed by atoms with van der Waals surface area (Å²) >= 11 is 0. The normalized spacial score (nSPS) is 19.0. The summed E-state index contributed by atoms with van der Waals surface area (Å²) < 4.78 is 10.7. The lowest BCUT2D eigenvalue weighted by Gasteiger charge is -2.25. The van der Waals surface area contributed by atoms with Gasteiger partial charge in [-0.25, -0.2) is 0 Å². The van der Waals surface area contributed by atoms with E-state index in [2.05, 4.69) is 19.1 Å². The first-order valence-electron chi connectivity index (χ1n) is 8.10. The van der Waals surface area contributed by atoms with E-state index in [-0.39, 0.29) is 18.1 Å². The molecule has 122 valence electrons. The number of ether oxygens (including phenoxy) is 2. The number of carbonyl (C=O) groups excluding carboxylic acids is 1. The third kappa shape index (κ3) is 4.73. The first-order chi connectivity index (χ1) is 10.6. The number of methoxy groups -OCH3 is 1. The molecule has 22 heavy (non-hydrogen) atoms. The van der Waals surface area contributed by atoms with Crippen molar-refractivity contribution in [3.8, 4) is 5.75 Å². The number of amides is 1. The Bertz CT molecular complexity index is 466. The fourth-order valence-corrected chi connectivity index (χ4v) is 2.82. The van der Waals surface area contributed by atoms with Crippen molar-refractivity contribution in [3.63, 3.8) is 0 Å². The summed E-state index contributed by atoms with van der Waals surface area (Å²) in [6, 6.07) is 8.22. The van der Waals surface area contributed by atoms with Gasteiger partial charge in [0.15, 0.2) is 0 Å². The summed E-state index contributed by atoms with van der Waals surface area (Å²) in [5.41, 5.74) is 1.21. The van der Waals surface area contributed by atoms with E-state index in [0.29, 0.717) is 6.42 Å². The van der Waals surface area contributed by atoms with Gasteiger partial charge in [0.2, 0.25) is 5.91 Å². The standard InChI is InChI=1S/C18H27NO3/c1-14(13-15-6-8-16(21-3)9-7-15)19(2)18(20)11-10-17-5-4-12-22-17/h6-9,14,17H,4-5,10-13H2,1-3H3/t14-,17-/m1/s1. The second kappa shape index (κ2) is 8.18. The Morgan fingerprint density at radius 3 is 2.73 bits per heavy atom. The van der Waals surface area contributed by atoms with Crippen LogP contribution in [0.4, 0.5) is 0 Å². The molecule has 0 bridgehead atoms. The molecule has 1 fully saturated rings. The molecule has 0 aliphatic carbocycles. The fraction of sp³-hybridized carbons (Fsp3) is 0.611. The van der Waals surface area contributed by atoms with E-state index in [9.17, 15) is 4.79 Å². The van der Waals surface area contributed by atoms with Crippen molar-refractivity contribution in [2.75, 3.05) is 20.8 Å². The van der Waals surface area contributed by atoms with Crippen LogP contribution < -0.4 is 4.74 Å². The molecule has 1 amide bonds. The van der Waals surface area contributed by atoms with E-state index in [4.69, 9.17) is 9.47 Å². The van der Waals surface area contributed by atoms with E-state index in [0.717, 1.165) is 38.0 Å². The molecule has 4 heteroatoms. The first kappa shape index (κ1) is 16.8. The second-order valence-corrected chi connectivity index (χ2v) is 6.08. The summed E-state index contributed by atoms with van der Waals surface area (Å²) in [4.78, 5) is 14.1. The zero-order chi connectivity index (χ0) is 15.9. The minimum atomic E-state index is 0.186. The highest BCUT2D eigenvalue weighted by Gasteiger charge is 2.20. The molecule has 0 radical (unpaired) electrons. The molecule has 1 aromatic rings. The summed E-state index contributed by atoms with van der Waals surface area (Å²) in [5.74, 6) is 1.06. The number of rotatable bonds is 7. The first-order valence-corrected chi connectivity index (χ1v) is 8.10. The third-order valence-corrected chi connectivity index (χ3v) is 4.45. The van der Waals surface area contributed by atoms with Crippen LogP contribution in [0.25, 0.3) is 0 Å². The molecule has 0 spiro atoms. The quantitative estimate of drug-likeness (QED) is 0.777. The van der Waals surface area contributed by atoms with Crippen molar-refractivity contribution < 1.29 is 14.3 Å². The summed E-state index contributed by atoms with van der Waals surface area (Å²) in [6.45, 7) is 2.94. The van der Waals surface area contributed by atoms with E-state index in [1.165, 1.54) is 5.56 Å². The van der Waals surface area contributed by atoms with E-state index >= 15 is 0 Å². The molecule has 1 aliphatic rings. The summed E-state index contributed by atoms with van der Waals surface area (Å²) in [7, 11) is 3.56. The number of nitrogens with zero attached hydrogens (tertiary/aromatic N) is 1. The van der Waals surface area contributed by atoms with Crippen LogP contribution in [0.1, 0.15) is 38.2 Å². The Morgan fingerprint density at radius 1 is 1.41 bits per heavy atom. The predicted molar refractivity (Wildman–Crippen MR) is 87.1 cm³/mol. The number of hydrogen-bond donors (Lipinski definition) is 0. The van der Waals surface area contributed by atoms with Gasteiger partial charge in [-0.15, -0.1) is 0 Å². The molecule has 4 nitrogen and oxygen atoms in total. The zero-order valence-corrected chi connectivity index (χ0v) is 13.9. The lowest BCUT2D eigenvalue weighted by molar-refractivity contribution is -0.132. The van der Waals surface area contributed by atoms with Gasteiger partial charge in [0, 0.05) is 26.1 Å². The van der Waals surface area contributed by atoms with Crippen molar-refractivity contribution in [2.24, 2.45) is 0 Å². The molecule has 1 saturated heterocycles. The van der Waals surface area contributed by atoms with Crippen LogP contribution in [0.2, 0.25) is 0 Å². The Labute approximate surface area is 133 Å². The minimum Gasteiger partial charge on any atom is -0.497 e. The topological polar surface area (TPSA) is 38.8 Å². The highest BCUT2D eigenvalue weighted by molar-refractivity contribution is 5.76. The number of likely N-dealkylation sites (N-methyl/N-ethyl adjacent to an activating group) is 1. The monoisotopic (exact) mass is 305 g/mol. The average Bonchev–Trinajstić information content (AvgIpc) is 3.06. The van der Waals surface area contributed by atoms with Gasteiger partial charge >= 0.3 is 0 Å². The van der Waals surface area contributed by atoms with Gasteiger partial charge in [0.25, 0.3) is 0 Å². The lowest BCUT2D eigenvalue weighted by Crippen LogP contribution is -2.36. The van der Waals surface area contributed by atoms with Gasteiger partial charge in [-0.2, -0.15) is 0 Å². The van der Waals surface area contributed by atoms with Crippen molar-refractivity contribution in [1.82, 2.24) is 4.90 Å². The van der Waals surface area contributed by atoms with Crippen molar-refractivity contribution >= 4 is 5.91 Å². The number of carbonyl (C=O) groups is 1. The van der Waals surface area contributed by atoms with Gasteiger partial charge in [0.1, 0.15) is 5.75 Å². The maximum atomic E-state index is 12.3. The van der Waals surface area contributed by atoms with Crippen LogP contribution in [0.5, 0.6) is 5.75 Å². The van der Waals surface area contributed by atoms with Gasteiger partial charge in [-0.1, -0.05) is 12.1 Å². The maximum Gasteiger partial charge on any atom is 0.222 e. The molecule has 2 rings (SSSR count). The minimum absolute atomic E-state index is 0.186. The molecular weight excluding hydrogens is 278 g/mol. The van der Waals surface area contributed by atoms with Gasteiger partial charge in [-0.05, 0) is 50.3 Å². The van der Waals surface area contributed by atoms with E-state index in [1.54, 1.807) is 7.11 Å². The van der Waals surface area contributed by atoms with Crippen LogP contribution >= 0.6 is 0 Å². The summed E-state index contributed by atoms with van der Waals surface area (Å²) in [6.07, 6.45) is 4.79. The smallest absolute Gasteiger partial charge is 0.222 e. The lowest BCUT2D eigenvalue weighted by atomic mass is 10.0. The van der Waals surface area contributed by atoms with Crippen LogP contribution in [-0.4, -0.2) is 43.7 Å². The molecule has 2 atom stereocenters. The molecule has 1 heterocycles. The molecule has 0 aromatic heterocycles. The van der Waals surface area contributed by atoms with E-state index < -0.39 is 0 Å². The molecule has 0 unspecified atom stereocenters. The maximum absolute atomic E-state index is 12.3. The molecule has 1 aromatic carbocycles. The fourth-order valence-electron chi connectivity index (χ4n) is 2.82. The second-order valence-electron chi connectivity index (χ2n) is 6.08. The highest BCUT2D eigenvalue weighted by atomic mass is 16.5. The van der Waals surface area contributed by atoms with Crippen molar-refractivity contribution in [2.45, 2.75) is 51.2 Å². The zero-order valence-electron chi connectivity index (χ0n) is 13.9. The van der Waals surface area contributed by atoms with Crippen LogP contribution in [0, 0.1) is 0 Å². The van der Waals surface area contributed by atoms with Gasteiger partial charge < -0.3 is 14.4 Å². The SMILES string of the molecule is COc1ccc(C[C@@H](C)N(C)C(=O)CC[C@H]2CCCO2)cc1. The predicted octanol–water partition coefficient (Wildman–Crippen LogP) is 3.04. The van der Waals surface area contributed by atoms with E-state index in [1.807, 2.05) is 24.1 Å². The van der Waals surface area contributed by atoms with Crippen LogP contribution in [0.3, 0.4) is 0 Å². The third-order valence-electron chi connectivity index (χ3n) is 4.45. The highest BCUT2D eigenvalue weighted by Crippen LogP contribution is 2.18. The Kier molecular flexibility index (Phi) is 6.25. The molecule has 0 saturated carbocycles. The van der Waals surface area contributed by atoms with Gasteiger partial charge in [0.05, 0.1) is 13.2 Å². The van der Waals surface area contributed by atoms with Crippen LogP contribution in [-0.2, 0) is 16.0 Å². The van der Waals surface area contributed by atoms with Crippen molar-refractivity contribution in [1.29, 1.82) is 0 Å². The average molecular weight is 305 g/mol. The van der Waals surface area contributed by atoms with Crippen molar-refractivity contribution in [3.05, 3.63) is 29.8 Å². The van der Waals surface area contributed by atoms with Crippen LogP contribution in [0.15, 0.2) is 24.3 Å². The Morgan fingerprint density at radius 2 is 2.14 bits per heavy atom.